The van der Waals surface area contributed by atoms with Crippen LogP contribution in [0.5, 0.6) is 0 Å². The van der Waals surface area contributed by atoms with Crippen molar-refractivity contribution < 1.29 is 0 Å². The monoisotopic (exact) mass is 221 g/mol. The first-order chi connectivity index (χ1) is 7.13. The van der Waals surface area contributed by atoms with Gasteiger partial charge in [-0.05, 0) is 49.4 Å². The van der Waals surface area contributed by atoms with Crippen LogP contribution in [-0.2, 0) is 11.8 Å². The standard InChI is InChI=1S/C13H19NS/c1-9-11-8-10-4-7-15-12(10)13(9,2)5-6-14(11)3/h4,7,9,11H,5-6,8H2,1-3H3/t9-,11?,13-/m1/s1. The molecule has 1 aromatic rings. The van der Waals surface area contributed by atoms with Crippen molar-refractivity contribution in [2.24, 2.45) is 5.92 Å². The topological polar surface area (TPSA) is 3.24 Å². The van der Waals surface area contributed by atoms with Crippen molar-refractivity contribution in [1.29, 1.82) is 0 Å². The molecule has 2 aliphatic rings. The minimum atomic E-state index is 0.457. The summed E-state index contributed by atoms with van der Waals surface area (Å²) in [4.78, 5) is 4.24. The van der Waals surface area contributed by atoms with E-state index in [1.54, 1.807) is 10.4 Å². The lowest BCUT2D eigenvalue weighted by Gasteiger charge is -2.52. The van der Waals surface area contributed by atoms with Crippen LogP contribution in [0.2, 0.25) is 0 Å². The van der Waals surface area contributed by atoms with Crippen molar-refractivity contribution in [3.05, 3.63) is 21.9 Å². The van der Waals surface area contributed by atoms with Crippen molar-refractivity contribution >= 4 is 11.3 Å². The maximum atomic E-state index is 2.56. The highest BCUT2D eigenvalue weighted by Gasteiger charge is 2.47. The van der Waals surface area contributed by atoms with Crippen LogP contribution in [0.15, 0.2) is 11.4 Å². The van der Waals surface area contributed by atoms with E-state index >= 15 is 0 Å². The second-order valence-corrected chi connectivity index (χ2v) is 6.40. The van der Waals surface area contributed by atoms with Crippen LogP contribution in [0.4, 0.5) is 0 Å². The zero-order valence-corrected chi connectivity index (χ0v) is 10.6. The quantitative estimate of drug-likeness (QED) is 0.651. The Labute approximate surface area is 96.1 Å². The molecule has 3 atom stereocenters. The van der Waals surface area contributed by atoms with E-state index in [4.69, 9.17) is 0 Å². The number of hydrogen-bond acceptors (Lipinski definition) is 2. The molecule has 1 aromatic heterocycles. The van der Waals surface area contributed by atoms with E-state index in [0.29, 0.717) is 5.41 Å². The summed E-state index contributed by atoms with van der Waals surface area (Å²) < 4.78 is 0. The van der Waals surface area contributed by atoms with Gasteiger partial charge < -0.3 is 4.90 Å². The van der Waals surface area contributed by atoms with Gasteiger partial charge in [0.15, 0.2) is 0 Å². The number of hydrogen-bond donors (Lipinski definition) is 0. The molecule has 0 amide bonds. The minimum absolute atomic E-state index is 0.457. The first-order valence-electron chi connectivity index (χ1n) is 5.90. The van der Waals surface area contributed by atoms with Crippen molar-refractivity contribution in [2.45, 2.75) is 38.1 Å². The van der Waals surface area contributed by atoms with Crippen LogP contribution in [0.1, 0.15) is 30.7 Å². The summed E-state index contributed by atoms with van der Waals surface area (Å²) in [6, 6.07) is 3.11. The van der Waals surface area contributed by atoms with E-state index in [-0.39, 0.29) is 0 Å². The molecule has 1 saturated heterocycles. The molecule has 2 heterocycles. The zero-order valence-electron chi connectivity index (χ0n) is 9.79. The predicted octanol–water partition coefficient (Wildman–Crippen LogP) is 2.90. The molecular formula is C13H19NS. The van der Waals surface area contributed by atoms with E-state index in [2.05, 4.69) is 37.2 Å². The second-order valence-electron chi connectivity index (χ2n) is 5.48. The Bertz CT molecular complexity index is 384. The Morgan fingerprint density at radius 1 is 1.53 bits per heavy atom. The molecule has 1 aliphatic heterocycles. The average Bonchev–Trinajstić information content (AvgIpc) is 2.66. The van der Waals surface area contributed by atoms with E-state index in [1.165, 1.54) is 19.4 Å². The van der Waals surface area contributed by atoms with E-state index in [1.807, 2.05) is 11.3 Å². The normalized spacial score (nSPS) is 40.2. The molecule has 1 nitrogen and oxygen atoms in total. The summed E-state index contributed by atoms with van der Waals surface area (Å²) in [6.07, 6.45) is 2.60. The maximum absolute atomic E-state index is 2.56. The smallest absolute Gasteiger partial charge is 0.0167 e. The van der Waals surface area contributed by atoms with Crippen LogP contribution in [0.25, 0.3) is 0 Å². The van der Waals surface area contributed by atoms with Crippen LogP contribution in [0, 0.1) is 5.92 Å². The molecule has 3 rings (SSSR count). The number of fused-ring (bicyclic) bond motifs is 4. The molecule has 0 radical (unpaired) electrons. The van der Waals surface area contributed by atoms with Gasteiger partial charge in [-0.15, -0.1) is 11.3 Å². The first kappa shape index (κ1) is 9.86. The highest BCUT2D eigenvalue weighted by atomic mass is 32.1. The van der Waals surface area contributed by atoms with Crippen molar-refractivity contribution in [3.63, 3.8) is 0 Å². The van der Waals surface area contributed by atoms with Gasteiger partial charge in [-0.2, -0.15) is 0 Å². The summed E-state index contributed by atoms with van der Waals surface area (Å²) in [6.45, 7) is 6.19. The number of rotatable bonds is 0. The van der Waals surface area contributed by atoms with Gasteiger partial charge in [0.2, 0.25) is 0 Å². The lowest BCUT2D eigenvalue weighted by atomic mass is 9.62. The molecular weight excluding hydrogens is 202 g/mol. The molecule has 82 valence electrons. The molecule has 1 aliphatic carbocycles. The highest BCUT2D eigenvalue weighted by Crippen LogP contribution is 2.49. The van der Waals surface area contributed by atoms with Crippen LogP contribution < -0.4 is 0 Å². The van der Waals surface area contributed by atoms with Gasteiger partial charge in [0, 0.05) is 16.3 Å². The third-order valence-electron chi connectivity index (χ3n) is 4.83. The van der Waals surface area contributed by atoms with Crippen LogP contribution in [-0.4, -0.2) is 24.5 Å². The van der Waals surface area contributed by atoms with Gasteiger partial charge in [0.05, 0.1) is 0 Å². The van der Waals surface area contributed by atoms with Gasteiger partial charge in [-0.25, -0.2) is 0 Å². The first-order valence-corrected chi connectivity index (χ1v) is 6.78. The fraction of sp³-hybridized carbons (Fsp3) is 0.692. The zero-order chi connectivity index (χ0) is 10.6. The number of piperidine rings is 1. The summed E-state index contributed by atoms with van der Waals surface area (Å²) >= 11 is 1.98. The van der Waals surface area contributed by atoms with Gasteiger partial charge in [0.1, 0.15) is 0 Å². The molecule has 0 spiro atoms. The van der Waals surface area contributed by atoms with E-state index in [9.17, 15) is 0 Å². The predicted molar refractivity (Wildman–Crippen MR) is 65.6 cm³/mol. The fourth-order valence-corrected chi connectivity index (χ4v) is 4.71. The third-order valence-corrected chi connectivity index (χ3v) is 6.06. The van der Waals surface area contributed by atoms with Crippen molar-refractivity contribution in [3.8, 4) is 0 Å². The van der Waals surface area contributed by atoms with Crippen molar-refractivity contribution in [1.82, 2.24) is 4.90 Å². The Balaban J connectivity index is 2.13. The maximum Gasteiger partial charge on any atom is 0.0167 e. The Morgan fingerprint density at radius 2 is 2.33 bits per heavy atom. The van der Waals surface area contributed by atoms with Gasteiger partial charge in [-0.3, -0.25) is 0 Å². The van der Waals surface area contributed by atoms with E-state index < -0.39 is 0 Å². The molecule has 0 N–H and O–H groups in total. The Kier molecular flexibility index (Phi) is 2.02. The Morgan fingerprint density at radius 3 is 3.13 bits per heavy atom. The lowest BCUT2D eigenvalue weighted by molar-refractivity contribution is 0.0532. The summed E-state index contributed by atoms with van der Waals surface area (Å²) in [5.41, 5.74) is 2.08. The number of nitrogens with zero attached hydrogens (tertiary/aromatic N) is 1. The number of likely N-dealkylation sites (tertiary alicyclic amines) is 1. The third kappa shape index (κ3) is 1.18. The highest BCUT2D eigenvalue weighted by molar-refractivity contribution is 7.10. The molecule has 15 heavy (non-hydrogen) atoms. The average molecular weight is 221 g/mol. The SMILES string of the molecule is C[C@@H]1C2Cc3ccsc3[C@]1(C)CCN2C. The van der Waals surface area contributed by atoms with Gasteiger partial charge in [-0.1, -0.05) is 13.8 Å². The molecule has 2 bridgehead atoms. The van der Waals surface area contributed by atoms with Crippen LogP contribution >= 0.6 is 11.3 Å². The Hall–Kier alpha value is -0.340. The summed E-state index contributed by atoms with van der Waals surface area (Å²) in [7, 11) is 2.29. The molecule has 0 saturated carbocycles. The molecule has 1 fully saturated rings. The fourth-order valence-electron chi connectivity index (χ4n) is 3.48. The molecule has 0 aromatic carbocycles. The number of likely N-dealkylation sites (N-methyl/N-ethyl adjacent to an activating group) is 1. The van der Waals surface area contributed by atoms with E-state index in [0.717, 1.165) is 12.0 Å². The lowest BCUT2D eigenvalue weighted by Crippen LogP contribution is -2.56. The summed E-state index contributed by atoms with van der Waals surface area (Å²) in [5.74, 6) is 0.808. The largest absolute Gasteiger partial charge is 0.303 e. The summed E-state index contributed by atoms with van der Waals surface area (Å²) in [5, 5.41) is 2.28. The van der Waals surface area contributed by atoms with Gasteiger partial charge >= 0.3 is 0 Å². The molecule has 1 unspecified atom stereocenters. The second kappa shape index (κ2) is 3.08. The van der Waals surface area contributed by atoms with Crippen molar-refractivity contribution in [2.75, 3.05) is 13.6 Å². The van der Waals surface area contributed by atoms with Crippen LogP contribution in [0.3, 0.4) is 0 Å². The molecule has 2 heteroatoms. The van der Waals surface area contributed by atoms with Gasteiger partial charge in [0.25, 0.3) is 0 Å². The minimum Gasteiger partial charge on any atom is -0.303 e. The number of thiophene rings is 1.